The van der Waals surface area contributed by atoms with Gasteiger partial charge in [0.1, 0.15) is 0 Å². The molecule has 0 aromatic carbocycles. The van der Waals surface area contributed by atoms with Crippen LogP contribution in [0.4, 0.5) is 0 Å². The molecule has 1 aliphatic heterocycles. The van der Waals surface area contributed by atoms with Crippen LogP contribution in [0.3, 0.4) is 0 Å². The number of amides is 1. The fraction of sp³-hybridized carbons (Fsp3) is 0.786. The van der Waals surface area contributed by atoms with Gasteiger partial charge in [-0.05, 0) is 38.6 Å². The molecular formula is C14H28N2OYb. The summed E-state index contributed by atoms with van der Waals surface area (Å²) in [5.41, 5.74) is -0.0550. The van der Waals surface area contributed by atoms with E-state index in [9.17, 15) is 4.79 Å². The summed E-state index contributed by atoms with van der Waals surface area (Å²) < 4.78 is 0. The van der Waals surface area contributed by atoms with E-state index in [1.165, 1.54) is 0 Å². The standard InChI is InChI=1S/C13H25N2O.CH3.Yb/c1-8-11-12(16)14(6)10(3)9(2)13(4,5)15(11)7;;/h9-11H,7-8H2,1-6H3;1H3;/q2*-1;+2. The van der Waals surface area contributed by atoms with Crippen LogP contribution in [-0.4, -0.2) is 40.4 Å². The monoisotopic (exact) mass is 414 g/mol. The van der Waals surface area contributed by atoms with Crippen LogP contribution >= 0.6 is 0 Å². The van der Waals surface area contributed by atoms with Crippen LogP contribution in [0.25, 0.3) is 0 Å². The molecule has 0 aromatic heterocycles. The van der Waals surface area contributed by atoms with Gasteiger partial charge in [-0.25, -0.2) is 0 Å². The van der Waals surface area contributed by atoms with Gasteiger partial charge in [0, 0.05) is 13.1 Å². The third-order valence-electron chi connectivity index (χ3n) is 4.58. The van der Waals surface area contributed by atoms with E-state index in [0.29, 0.717) is 5.92 Å². The van der Waals surface area contributed by atoms with Gasteiger partial charge >= 0.3 is 46.9 Å². The summed E-state index contributed by atoms with van der Waals surface area (Å²) in [7, 11) is 6.02. The van der Waals surface area contributed by atoms with Crippen molar-refractivity contribution in [2.45, 2.75) is 58.7 Å². The van der Waals surface area contributed by atoms with Gasteiger partial charge in [-0.15, -0.1) is 0 Å². The van der Waals surface area contributed by atoms with E-state index in [1.54, 1.807) is 0 Å². The second-order valence-corrected chi connectivity index (χ2v) is 5.53. The van der Waals surface area contributed by atoms with Crippen LogP contribution in [0.2, 0.25) is 0 Å². The Hall–Kier alpha value is 0.949. The maximum absolute atomic E-state index is 12.3. The van der Waals surface area contributed by atoms with E-state index >= 15 is 0 Å². The predicted octanol–water partition coefficient (Wildman–Crippen LogP) is 2.58. The molecule has 3 atom stereocenters. The molecule has 4 heteroatoms. The number of rotatable bonds is 1. The number of carbonyl (C=O) groups excluding carboxylic acids is 1. The van der Waals surface area contributed by atoms with Crippen molar-refractivity contribution >= 4 is 5.91 Å². The van der Waals surface area contributed by atoms with E-state index < -0.39 is 0 Å². The van der Waals surface area contributed by atoms with Gasteiger partial charge in [0.25, 0.3) is 0 Å². The average Bonchev–Trinajstić information content (AvgIpc) is 2.28. The normalized spacial score (nSPS) is 32.3. The zero-order valence-electron chi connectivity index (χ0n) is 12.7. The second kappa shape index (κ2) is 7.66. The van der Waals surface area contributed by atoms with Crippen LogP contribution in [0, 0.1) is 67.3 Å². The van der Waals surface area contributed by atoms with E-state index in [0.717, 1.165) is 6.42 Å². The Morgan fingerprint density at radius 3 is 2.17 bits per heavy atom. The molecule has 1 aliphatic rings. The van der Waals surface area contributed by atoms with E-state index in [2.05, 4.69) is 34.7 Å². The minimum absolute atomic E-state index is 0. The molecular weight excluding hydrogens is 385 g/mol. The van der Waals surface area contributed by atoms with Crippen molar-refractivity contribution < 1.29 is 51.7 Å². The Labute approximate surface area is 152 Å². The van der Waals surface area contributed by atoms with Gasteiger partial charge in [-0.2, -0.15) is 0 Å². The average molecular weight is 413 g/mol. The van der Waals surface area contributed by atoms with Gasteiger partial charge in [-0.3, -0.25) is 11.8 Å². The summed E-state index contributed by atoms with van der Waals surface area (Å²) in [4.78, 5) is 16.2. The van der Waals surface area contributed by atoms with Crippen molar-refractivity contribution in [3.05, 3.63) is 14.5 Å². The first-order valence-electron chi connectivity index (χ1n) is 6.11. The summed E-state index contributed by atoms with van der Waals surface area (Å²) >= 11 is 0. The molecule has 0 bridgehead atoms. The molecule has 3 nitrogen and oxygen atoms in total. The molecule has 0 saturated carbocycles. The van der Waals surface area contributed by atoms with Crippen molar-refractivity contribution in [1.82, 2.24) is 9.80 Å². The van der Waals surface area contributed by atoms with Gasteiger partial charge in [-0.1, -0.05) is 13.8 Å². The molecule has 0 aliphatic carbocycles. The predicted molar refractivity (Wildman–Crippen MR) is 73.2 cm³/mol. The summed E-state index contributed by atoms with van der Waals surface area (Å²) in [6.07, 6.45) is 0.815. The van der Waals surface area contributed by atoms with Gasteiger partial charge in [0.05, 0.1) is 6.04 Å². The van der Waals surface area contributed by atoms with Crippen molar-refractivity contribution in [1.29, 1.82) is 0 Å². The number of nitrogens with zero attached hydrogens (tertiary/aromatic N) is 2. The Balaban J connectivity index is 0. The molecule has 1 amide bonds. The zero-order valence-corrected chi connectivity index (χ0v) is 14.4. The first-order valence-corrected chi connectivity index (χ1v) is 6.11. The Bertz CT molecular complexity index is 281. The minimum atomic E-state index is -0.0904. The molecule has 114 valence electrons. The Kier molecular flexibility index (Phi) is 9.04. The van der Waals surface area contributed by atoms with E-state index in [-0.39, 0.29) is 77.9 Å². The Morgan fingerprint density at radius 2 is 1.78 bits per heavy atom. The number of hydrogen-bond donors (Lipinski definition) is 0. The van der Waals surface area contributed by atoms with Crippen LogP contribution in [0.5, 0.6) is 0 Å². The summed E-state index contributed by atoms with van der Waals surface area (Å²) in [6, 6.07) is 0.163. The van der Waals surface area contributed by atoms with Crippen LogP contribution in [-0.2, 0) is 4.79 Å². The summed E-state index contributed by atoms with van der Waals surface area (Å²) in [5.74, 6) is 0.595. The number of carbonyl (C=O) groups is 1. The second-order valence-electron chi connectivity index (χ2n) is 5.53. The first-order chi connectivity index (χ1) is 7.25. The molecule has 0 radical (unpaired) electrons. The van der Waals surface area contributed by atoms with Crippen molar-refractivity contribution in [2.24, 2.45) is 5.92 Å². The van der Waals surface area contributed by atoms with Crippen molar-refractivity contribution in [3.63, 3.8) is 0 Å². The summed E-state index contributed by atoms with van der Waals surface area (Å²) in [6.45, 7) is 10.7. The largest absolute Gasteiger partial charge is 2.00 e. The number of likely N-dealkylation sites (N-methyl/N-ethyl adjacent to an activating group) is 1. The van der Waals surface area contributed by atoms with Crippen molar-refractivity contribution in [2.75, 3.05) is 7.05 Å². The maximum atomic E-state index is 12.3. The van der Waals surface area contributed by atoms with Crippen LogP contribution < -0.4 is 0 Å². The molecule has 0 N–H and O–H groups in total. The van der Waals surface area contributed by atoms with Gasteiger partial charge in [0.2, 0.25) is 5.91 Å². The topological polar surface area (TPSA) is 23.6 Å². The quantitative estimate of drug-likeness (QED) is 0.617. The summed E-state index contributed by atoms with van der Waals surface area (Å²) in [5, 5.41) is 0. The van der Waals surface area contributed by atoms with Gasteiger partial charge < -0.3 is 17.2 Å². The molecule has 3 unspecified atom stereocenters. The molecule has 1 saturated heterocycles. The first kappa shape index (κ1) is 21.3. The third-order valence-corrected chi connectivity index (χ3v) is 4.58. The fourth-order valence-corrected chi connectivity index (χ4v) is 2.55. The molecule has 18 heavy (non-hydrogen) atoms. The smallest absolute Gasteiger partial charge is 0.444 e. The molecule has 1 heterocycles. The molecule has 1 fully saturated rings. The fourth-order valence-electron chi connectivity index (χ4n) is 2.55. The van der Waals surface area contributed by atoms with Gasteiger partial charge in [0.15, 0.2) is 0 Å². The SMILES string of the molecule is [CH2-]N1C(CC)C(=O)N(C)C(C)C(C)C1(C)C.[CH3-].[Yb+2]. The Morgan fingerprint density at radius 1 is 1.33 bits per heavy atom. The zero-order chi connectivity index (χ0) is 12.7. The molecule has 0 aromatic rings. The van der Waals surface area contributed by atoms with E-state index in [1.807, 2.05) is 23.8 Å². The maximum Gasteiger partial charge on any atom is 2.00 e. The van der Waals surface area contributed by atoms with Crippen LogP contribution in [0.1, 0.15) is 41.0 Å². The molecule has 0 spiro atoms. The number of hydrogen-bond acceptors (Lipinski definition) is 2. The van der Waals surface area contributed by atoms with E-state index in [4.69, 9.17) is 0 Å². The molecule has 1 rings (SSSR count). The third kappa shape index (κ3) is 3.53. The van der Waals surface area contributed by atoms with Crippen molar-refractivity contribution in [3.8, 4) is 0 Å². The minimum Gasteiger partial charge on any atom is -0.444 e. The van der Waals surface area contributed by atoms with Crippen LogP contribution in [0.15, 0.2) is 0 Å².